The SMILES string of the molecule is CCCCO/C=C(\Br)P(=O)(OCC)OCC. The van der Waals surface area contributed by atoms with E-state index >= 15 is 0 Å². The molecule has 0 aromatic rings. The van der Waals surface area contributed by atoms with Crippen LogP contribution < -0.4 is 0 Å². The number of hydrogen-bond acceptors (Lipinski definition) is 4. The van der Waals surface area contributed by atoms with Gasteiger partial charge in [0.05, 0.1) is 19.8 Å². The van der Waals surface area contributed by atoms with E-state index in [4.69, 9.17) is 13.8 Å². The Labute approximate surface area is 106 Å². The molecule has 0 aliphatic heterocycles. The second-order valence-corrected chi connectivity index (χ2v) is 6.46. The molecule has 0 spiro atoms. The first kappa shape index (κ1) is 16.2. The summed E-state index contributed by atoms with van der Waals surface area (Å²) in [6.45, 7) is 6.87. The lowest BCUT2D eigenvalue weighted by molar-refractivity contribution is 0.221. The van der Waals surface area contributed by atoms with Crippen LogP contribution in [0, 0.1) is 0 Å². The van der Waals surface area contributed by atoms with Crippen molar-refractivity contribution in [3.8, 4) is 0 Å². The van der Waals surface area contributed by atoms with Gasteiger partial charge in [0.1, 0.15) is 10.5 Å². The molecule has 0 bridgehead atoms. The first-order chi connectivity index (χ1) is 7.60. The molecule has 0 atom stereocenters. The molecule has 0 aromatic heterocycles. The molecule has 0 amide bonds. The maximum Gasteiger partial charge on any atom is 0.371 e. The number of ether oxygens (including phenoxy) is 1. The predicted molar refractivity (Wildman–Crippen MR) is 68.7 cm³/mol. The first-order valence-electron chi connectivity index (χ1n) is 5.47. The molecule has 0 radical (unpaired) electrons. The van der Waals surface area contributed by atoms with Crippen molar-refractivity contribution >= 4 is 23.5 Å². The fraction of sp³-hybridized carbons (Fsp3) is 0.800. The van der Waals surface area contributed by atoms with E-state index in [9.17, 15) is 4.57 Å². The molecule has 0 fully saturated rings. The van der Waals surface area contributed by atoms with Gasteiger partial charge < -0.3 is 13.8 Å². The highest BCUT2D eigenvalue weighted by Crippen LogP contribution is 2.58. The molecule has 0 N–H and O–H groups in total. The number of hydrogen-bond donors (Lipinski definition) is 0. The van der Waals surface area contributed by atoms with E-state index in [-0.39, 0.29) is 0 Å². The van der Waals surface area contributed by atoms with Crippen molar-refractivity contribution < 1.29 is 18.3 Å². The zero-order valence-corrected chi connectivity index (χ0v) is 12.6. The summed E-state index contributed by atoms with van der Waals surface area (Å²) in [7, 11) is -3.21. The molecule has 16 heavy (non-hydrogen) atoms. The lowest BCUT2D eigenvalue weighted by Gasteiger charge is -2.15. The molecule has 0 aliphatic rings. The van der Waals surface area contributed by atoms with Crippen LogP contribution in [-0.2, 0) is 18.3 Å². The van der Waals surface area contributed by atoms with Gasteiger partial charge in [0.25, 0.3) is 0 Å². The predicted octanol–water partition coefficient (Wildman–Crippen LogP) is 4.26. The highest BCUT2D eigenvalue weighted by atomic mass is 79.9. The molecule has 4 nitrogen and oxygen atoms in total. The van der Waals surface area contributed by atoms with Gasteiger partial charge in [-0.1, -0.05) is 13.3 Å². The van der Waals surface area contributed by atoms with Gasteiger partial charge in [0, 0.05) is 0 Å². The fourth-order valence-corrected chi connectivity index (χ4v) is 2.87. The summed E-state index contributed by atoms with van der Waals surface area (Å²) in [5.74, 6) is 0. The van der Waals surface area contributed by atoms with E-state index in [1.807, 2.05) is 0 Å². The first-order valence-corrected chi connectivity index (χ1v) is 7.81. The molecular weight excluding hydrogens is 295 g/mol. The van der Waals surface area contributed by atoms with Gasteiger partial charge in [-0.2, -0.15) is 0 Å². The Kier molecular flexibility index (Phi) is 9.32. The van der Waals surface area contributed by atoms with E-state index in [1.165, 1.54) is 6.26 Å². The van der Waals surface area contributed by atoms with Gasteiger partial charge >= 0.3 is 7.60 Å². The maximum atomic E-state index is 12.1. The van der Waals surface area contributed by atoms with Gasteiger partial charge in [0.2, 0.25) is 0 Å². The van der Waals surface area contributed by atoms with Crippen LogP contribution in [0.25, 0.3) is 0 Å². The molecule has 0 unspecified atom stereocenters. The van der Waals surface area contributed by atoms with E-state index in [0.29, 0.717) is 24.0 Å². The van der Waals surface area contributed by atoms with Crippen LogP contribution in [0.4, 0.5) is 0 Å². The molecular formula is C10H20BrO4P. The van der Waals surface area contributed by atoms with E-state index in [1.54, 1.807) is 13.8 Å². The molecule has 0 heterocycles. The lowest BCUT2D eigenvalue weighted by atomic mass is 10.4. The van der Waals surface area contributed by atoms with Crippen molar-refractivity contribution in [2.45, 2.75) is 33.6 Å². The average Bonchev–Trinajstić information content (AvgIpc) is 2.24. The third-order valence-electron chi connectivity index (χ3n) is 1.66. The Hall–Kier alpha value is 0.170. The normalized spacial score (nSPS) is 12.9. The zero-order chi connectivity index (χ0) is 12.4. The smallest absolute Gasteiger partial charge is 0.371 e. The van der Waals surface area contributed by atoms with Crippen LogP contribution in [0.3, 0.4) is 0 Å². The summed E-state index contributed by atoms with van der Waals surface area (Å²) < 4.78 is 28.0. The highest BCUT2D eigenvalue weighted by molar-refractivity contribution is 9.13. The summed E-state index contributed by atoms with van der Waals surface area (Å²) in [5.41, 5.74) is 0. The average molecular weight is 315 g/mol. The van der Waals surface area contributed by atoms with E-state index in [2.05, 4.69) is 22.9 Å². The van der Waals surface area contributed by atoms with Crippen molar-refractivity contribution in [2.75, 3.05) is 19.8 Å². The fourth-order valence-electron chi connectivity index (χ4n) is 0.920. The topological polar surface area (TPSA) is 44.8 Å². The minimum absolute atomic E-state index is 0.329. The van der Waals surface area contributed by atoms with Crippen molar-refractivity contribution in [3.63, 3.8) is 0 Å². The standard InChI is InChI=1S/C10H20BrO4P/c1-4-7-8-13-9-10(11)16(12,14-5-2)15-6-3/h9H,4-8H2,1-3H3/b10-9+. The number of halogens is 1. The van der Waals surface area contributed by atoms with E-state index < -0.39 is 7.60 Å². The quantitative estimate of drug-likeness (QED) is 0.362. The van der Waals surface area contributed by atoms with Gasteiger partial charge in [-0.05, 0) is 36.2 Å². The monoisotopic (exact) mass is 314 g/mol. The van der Waals surface area contributed by atoms with Crippen molar-refractivity contribution in [3.05, 3.63) is 10.5 Å². The molecule has 0 rings (SSSR count). The van der Waals surface area contributed by atoms with Crippen LogP contribution in [0.2, 0.25) is 0 Å². The number of rotatable bonds is 9. The Morgan fingerprint density at radius 3 is 2.25 bits per heavy atom. The summed E-state index contributed by atoms with van der Waals surface area (Å²) >= 11 is 3.18. The largest absolute Gasteiger partial charge is 0.500 e. The molecule has 0 saturated heterocycles. The lowest BCUT2D eigenvalue weighted by Crippen LogP contribution is -1.96. The second-order valence-electron chi connectivity index (χ2n) is 3.00. The second kappa shape index (κ2) is 9.23. The van der Waals surface area contributed by atoms with Gasteiger partial charge in [-0.3, -0.25) is 4.57 Å². The number of unbranched alkanes of at least 4 members (excludes halogenated alkanes) is 1. The van der Waals surface area contributed by atoms with Crippen LogP contribution in [0.1, 0.15) is 33.6 Å². The van der Waals surface area contributed by atoms with Gasteiger partial charge in [-0.25, -0.2) is 0 Å². The molecule has 96 valence electrons. The van der Waals surface area contributed by atoms with Crippen molar-refractivity contribution in [2.24, 2.45) is 0 Å². The van der Waals surface area contributed by atoms with Gasteiger partial charge in [0.15, 0.2) is 0 Å². The maximum absolute atomic E-state index is 12.1. The summed E-state index contributed by atoms with van der Waals surface area (Å²) in [6, 6.07) is 0. The Morgan fingerprint density at radius 2 is 1.81 bits per heavy atom. The van der Waals surface area contributed by atoms with Crippen molar-refractivity contribution in [1.82, 2.24) is 0 Å². The molecule has 0 aliphatic carbocycles. The molecule has 0 saturated carbocycles. The highest BCUT2D eigenvalue weighted by Gasteiger charge is 2.28. The Bertz CT molecular complexity index is 245. The van der Waals surface area contributed by atoms with Gasteiger partial charge in [-0.15, -0.1) is 0 Å². The zero-order valence-electron chi connectivity index (χ0n) is 10.1. The molecule has 6 heteroatoms. The van der Waals surface area contributed by atoms with Crippen LogP contribution in [0.15, 0.2) is 10.5 Å². The minimum Gasteiger partial charge on any atom is -0.500 e. The van der Waals surface area contributed by atoms with Crippen molar-refractivity contribution in [1.29, 1.82) is 0 Å². The van der Waals surface area contributed by atoms with E-state index in [0.717, 1.165) is 12.8 Å². The minimum atomic E-state index is -3.21. The summed E-state index contributed by atoms with van der Waals surface area (Å²) in [4.78, 5) is 0. The summed E-state index contributed by atoms with van der Waals surface area (Å²) in [6.07, 6.45) is 3.42. The third kappa shape index (κ3) is 6.04. The van der Waals surface area contributed by atoms with Crippen LogP contribution in [-0.4, -0.2) is 19.8 Å². The van der Waals surface area contributed by atoms with Crippen LogP contribution in [0.5, 0.6) is 0 Å². The molecule has 0 aromatic carbocycles. The summed E-state index contributed by atoms with van der Waals surface area (Å²) in [5, 5.41) is 0. The third-order valence-corrected chi connectivity index (χ3v) is 4.97. The Balaban J connectivity index is 4.36. The van der Waals surface area contributed by atoms with Crippen LogP contribution >= 0.6 is 23.5 Å². The Morgan fingerprint density at radius 1 is 1.25 bits per heavy atom.